The molecule has 0 aliphatic carbocycles. The number of rotatable bonds is 6. The topological polar surface area (TPSA) is 75.4 Å². The minimum absolute atomic E-state index is 0.0649. The molecule has 1 aromatic rings. The lowest BCUT2D eigenvalue weighted by molar-refractivity contribution is -0.117. The Hall–Kier alpha value is -1.39. The van der Waals surface area contributed by atoms with E-state index in [4.69, 9.17) is 10.8 Å². The maximum Gasteiger partial charge on any atom is 0.218 e. The molecule has 0 aliphatic heterocycles. The van der Waals surface area contributed by atoms with Crippen LogP contribution < -0.4 is 11.1 Å². The number of nitrogens with two attached hydrogens (primary N) is 1. The van der Waals surface area contributed by atoms with E-state index in [1.165, 1.54) is 0 Å². The van der Waals surface area contributed by atoms with Gasteiger partial charge < -0.3 is 16.2 Å². The molecule has 1 aromatic carbocycles. The summed E-state index contributed by atoms with van der Waals surface area (Å²) in [5.41, 5.74) is 7.02. The van der Waals surface area contributed by atoms with Crippen LogP contribution in [0.2, 0.25) is 0 Å². The van der Waals surface area contributed by atoms with Crippen molar-refractivity contribution in [2.75, 3.05) is 6.54 Å². The van der Waals surface area contributed by atoms with Gasteiger partial charge in [0.25, 0.3) is 0 Å². The number of aliphatic hydroxyl groups is 1. The van der Waals surface area contributed by atoms with Crippen molar-refractivity contribution in [1.82, 2.24) is 5.32 Å². The molecule has 15 heavy (non-hydrogen) atoms. The minimum atomic E-state index is -0.293. The van der Waals surface area contributed by atoms with Crippen LogP contribution in [0.5, 0.6) is 0 Å². The van der Waals surface area contributed by atoms with Crippen molar-refractivity contribution >= 4 is 5.91 Å². The third-order valence-electron chi connectivity index (χ3n) is 2.08. The molecule has 1 amide bonds. The van der Waals surface area contributed by atoms with E-state index in [-0.39, 0.29) is 12.5 Å². The van der Waals surface area contributed by atoms with E-state index in [1.54, 1.807) is 0 Å². The molecule has 0 aliphatic rings. The zero-order valence-corrected chi connectivity index (χ0v) is 8.57. The van der Waals surface area contributed by atoms with Gasteiger partial charge in [-0.3, -0.25) is 4.79 Å². The predicted molar refractivity (Wildman–Crippen MR) is 57.9 cm³/mol. The van der Waals surface area contributed by atoms with E-state index in [0.717, 1.165) is 11.1 Å². The molecule has 0 radical (unpaired) electrons. The number of primary amides is 1. The second-order valence-corrected chi connectivity index (χ2v) is 3.37. The molecule has 1 rings (SSSR count). The van der Waals surface area contributed by atoms with Crippen LogP contribution in [0.4, 0.5) is 0 Å². The summed E-state index contributed by atoms with van der Waals surface area (Å²) in [6.45, 7) is 1.37. The molecule has 0 aromatic heterocycles. The summed E-state index contributed by atoms with van der Waals surface area (Å²) >= 11 is 0. The fourth-order valence-electron chi connectivity index (χ4n) is 1.21. The van der Waals surface area contributed by atoms with Crippen molar-refractivity contribution in [3.05, 3.63) is 35.4 Å². The van der Waals surface area contributed by atoms with Crippen LogP contribution in [-0.4, -0.2) is 17.6 Å². The number of carbonyl (C=O) groups is 1. The van der Waals surface area contributed by atoms with Crippen molar-refractivity contribution in [3.63, 3.8) is 0 Å². The molecule has 0 fully saturated rings. The monoisotopic (exact) mass is 208 g/mol. The van der Waals surface area contributed by atoms with Gasteiger partial charge in [0.05, 0.1) is 6.61 Å². The number of nitrogens with one attached hydrogen (secondary N) is 1. The standard InChI is InChI=1S/C11H16N2O2/c12-11(15)5-6-13-7-9-1-3-10(8-14)4-2-9/h1-4,13-14H,5-8H2,(H2,12,15). The van der Waals surface area contributed by atoms with Crippen molar-refractivity contribution in [2.24, 2.45) is 5.73 Å². The number of hydrogen-bond donors (Lipinski definition) is 3. The first-order chi connectivity index (χ1) is 7.22. The van der Waals surface area contributed by atoms with Gasteiger partial charge in [0.15, 0.2) is 0 Å². The van der Waals surface area contributed by atoms with E-state index in [2.05, 4.69) is 5.32 Å². The molecule has 4 nitrogen and oxygen atoms in total. The Labute approximate surface area is 89.1 Å². The second-order valence-electron chi connectivity index (χ2n) is 3.37. The molecular weight excluding hydrogens is 192 g/mol. The quantitative estimate of drug-likeness (QED) is 0.582. The Bertz CT molecular complexity index is 309. The van der Waals surface area contributed by atoms with Crippen LogP contribution in [0, 0.1) is 0 Å². The zero-order chi connectivity index (χ0) is 11.1. The molecule has 4 heteroatoms. The third-order valence-corrected chi connectivity index (χ3v) is 2.08. The van der Waals surface area contributed by atoms with E-state index < -0.39 is 0 Å². The molecule has 0 unspecified atom stereocenters. The number of aliphatic hydroxyl groups excluding tert-OH is 1. The maximum atomic E-state index is 10.4. The van der Waals surface area contributed by atoms with Gasteiger partial charge in [0.2, 0.25) is 5.91 Å². The third kappa shape index (κ3) is 4.58. The molecule has 82 valence electrons. The summed E-state index contributed by atoms with van der Waals surface area (Å²) in [4.78, 5) is 10.4. The maximum absolute atomic E-state index is 10.4. The highest BCUT2D eigenvalue weighted by Crippen LogP contribution is 2.03. The number of hydrogen-bond acceptors (Lipinski definition) is 3. The normalized spacial score (nSPS) is 10.2. The molecule has 0 spiro atoms. The van der Waals surface area contributed by atoms with Gasteiger partial charge >= 0.3 is 0 Å². The highest BCUT2D eigenvalue weighted by Gasteiger charge is 1.95. The molecule has 0 saturated heterocycles. The van der Waals surface area contributed by atoms with E-state index in [1.807, 2.05) is 24.3 Å². The summed E-state index contributed by atoms with van der Waals surface area (Å²) in [5, 5.41) is 11.9. The van der Waals surface area contributed by atoms with Gasteiger partial charge in [-0.15, -0.1) is 0 Å². The van der Waals surface area contributed by atoms with Crippen LogP contribution in [0.15, 0.2) is 24.3 Å². The van der Waals surface area contributed by atoms with E-state index >= 15 is 0 Å². The summed E-state index contributed by atoms with van der Waals surface area (Å²) in [7, 11) is 0. The first-order valence-corrected chi connectivity index (χ1v) is 4.90. The predicted octanol–water partition coefficient (Wildman–Crippen LogP) is 0.144. The van der Waals surface area contributed by atoms with Crippen molar-refractivity contribution in [2.45, 2.75) is 19.6 Å². The first kappa shape index (κ1) is 11.7. The molecular formula is C11H16N2O2. The second kappa shape index (κ2) is 6.16. The van der Waals surface area contributed by atoms with Crippen LogP contribution in [0.25, 0.3) is 0 Å². The van der Waals surface area contributed by atoms with Gasteiger partial charge in [-0.05, 0) is 11.1 Å². The summed E-state index contributed by atoms with van der Waals surface area (Å²) in [5.74, 6) is -0.293. The van der Waals surface area contributed by atoms with Crippen LogP contribution >= 0.6 is 0 Å². The average molecular weight is 208 g/mol. The average Bonchev–Trinajstić information content (AvgIpc) is 2.25. The fourth-order valence-corrected chi connectivity index (χ4v) is 1.21. The van der Waals surface area contributed by atoms with Crippen molar-refractivity contribution in [3.8, 4) is 0 Å². The van der Waals surface area contributed by atoms with Crippen LogP contribution in [0.1, 0.15) is 17.5 Å². The molecule has 0 heterocycles. The highest BCUT2D eigenvalue weighted by atomic mass is 16.3. The number of benzene rings is 1. The SMILES string of the molecule is NC(=O)CCNCc1ccc(CO)cc1. The van der Waals surface area contributed by atoms with E-state index in [0.29, 0.717) is 19.5 Å². The molecule has 0 saturated carbocycles. The Morgan fingerprint density at radius 1 is 1.27 bits per heavy atom. The van der Waals surface area contributed by atoms with Crippen LogP contribution in [-0.2, 0) is 17.9 Å². The molecule has 0 atom stereocenters. The summed E-state index contributed by atoms with van der Waals surface area (Å²) in [6, 6.07) is 7.65. The number of carbonyl (C=O) groups excluding carboxylic acids is 1. The Kier molecular flexibility index (Phi) is 4.80. The van der Waals surface area contributed by atoms with Gasteiger partial charge in [-0.2, -0.15) is 0 Å². The summed E-state index contributed by atoms with van der Waals surface area (Å²) < 4.78 is 0. The summed E-state index contributed by atoms with van der Waals surface area (Å²) in [6.07, 6.45) is 0.356. The fraction of sp³-hybridized carbons (Fsp3) is 0.364. The van der Waals surface area contributed by atoms with Gasteiger partial charge in [0.1, 0.15) is 0 Å². The van der Waals surface area contributed by atoms with Crippen molar-refractivity contribution < 1.29 is 9.90 Å². The van der Waals surface area contributed by atoms with Gasteiger partial charge in [-0.1, -0.05) is 24.3 Å². The lowest BCUT2D eigenvalue weighted by atomic mass is 10.1. The van der Waals surface area contributed by atoms with Crippen LogP contribution in [0.3, 0.4) is 0 Å². The smallest absolute Gasteiger partial charge is 0.218 e. The lowest BCUT2D eigenvalue weighted by Crippen LogP contribution is -2.21. The largest absolute Gasteiger partial charge is 0.392 e. The van der Waals surface area contributed by atoms with Gasteiger partial charge in [-0.25, -0.2) is 0 Å². The Balaban J connectivity index is 2.28. The lowest BCUT2D eigenvalue weighted by Gasteiger charge is -2.04. The first-order valence-electron chi connectivity index (χ1n) is 4.90. The Morgan fingerprint density at radius 3 is 2.40 bits per heavy atom. The number of amides is 1. The zero-order valence-electron chi connectivity index (χ0n) is 8.57. The highest BCUT2D eigenvalue weighted by molar-refractivity contribution is 5.73. The minimum Gasteiger partial charge on any atom is -0.392 e. The Morgan fingerprint density at radius 2 is 1.87 bits per heavy atom. The van der Waals surface area contributed by atoms with Gasteiger partial charge in [0, 0.05) is 19.5 Å². The van der Waals surface area contributed by atoms with Crippen molar-refractivity contribution in [1.29, 1.82) is 0 Å². The van der Waals surface area contributed by atoms with E-state index in [9.17, 15) is 4.79 Å². The molecule has 0 bridgehead atoms. The molecule has 4 N–H and O–H groups in total.